The number of rotatable bonds is 2. The van der Waals surface area contributed by atoms with Crippen molar-refractivity contribution in [2.75, 3.05) is 0 Å². The molecule has 3 N–H and O–H groups in total. The summed E-state index contributed by atoms with van der Waals surface area (Å²) in [6, 6.07) is 5.06. The van der Waals surface area contributed by atoms with E-state index >= 15 is 0 Å². The van der Waals surface area contributed by atoms with Crippen molar-refractivity contribution in [3.8, 4) is 0 Å². The Bertz CT molecular complexity index is 812. The average molecular weight is 288 g/mol. The Hall–Kier alpha value is -2.37. The van der Waals surface area contributed by atoms with E-state index in [0.29, 0.717) is 29.4 Å². The number of fused-ring (bicyclic) bond motifs is 1. The van der Waals surface area contributed by atoms with Gasteiger partial charge in [-0.25, -0.2) is 0 Å². The van der Waals surface area contributed by atoms with E-state index in [9.17, 15) is 19.5 Å². The first-order valence-corrected chi connectivity index (χ1v) is 7.03. The highest BCUT2D eigenvalue weighted by atomic mass is 16.4. The number of nitrogens with one attached hydrogen (secondary N) is 2. The highest BCUT2D eigenvalue weighted by Gasteiger charge is 2.41. The Morgan fingerprint density at radius 1 is 1.00 bits per heavy atom. The van der Waals surface area contributed by atoms with E-state index in [2.05, 4.69) is 9.97 Å². The molecular weight excluding hydrogens is 272 g/mol. The molecule has 1 aliphatic rings. The summed E-state index contributed by atoms with van der Waals surface area (Å²) >= 11 is 0. The predicted octanol–water partition coefficient (Wildman–Crippen LogP) is 1.50. The first-order chi connectivity index (χ1) is 10.0. The zero-order chi connectivity index (χ0) is 15.0. The molecule has 1 aliphatic carbocycles. The first-order valence-electron chi connectivity index (χ1n) is 7.03. The summed E-state index contributed by atoms with van der Waals surface area (Å²) in [5.41, 5.74) is -0.680. The van der Waals surface area contributed by atoms with Crippen molar-refractivity contribution in [1.29, 1.82) is 0 Å². The number of carboxylic acids is 1. The smallest absolute Gasteiger partial charge is 0.314 e. The van der Waals surface area contributed by atoms with E-state index in [0.717, 1.165) is 19.3 Å². The zero-order valence-electron chi connectivity index (χ0n) is 11.4. The van der Waals surface area contributed by atoms with Crippen LogP contribution in [0.1, 0.15) is 37.7 Å². The van der Waals surface area contributed by atoms with Gasteiger partial charge in [-0.2, -0.15) is 0 Å². The van der Waals surface area contributed by atoms with Crippen LogP contribution in [0, 0.1) is 0 Å². The molecule has 1 heterocycles. The van der Waals surface area contributed by atoms with Crippen LogP contribution in [0.5, 0.6) is 0 Å². The molecule has 3 rings (SSSR count). The summed E-state index contributed by atoms with van der Waals surface area (Å²) in [6.45, 7) is 0. The Labute approximate surface area is 119 Å². The lowest BCUT2D eigenvalue weighted by atomic mass is 9.69. The van der Waals surface area contributed by atoms with Crippen LogP contribution in [0.2, 0.25) is 0 Å². The van der Waals surface area contributed by atoms with Crippen LogP contribution in [-0.2, 0) is 10.2 Å². The number of carbonyl (C=O) groups is 1. The Morgan fingerprint density at radius 3 is 2.24 bits per heavy atom. The largest absolute Gasteiger partial charge is 0.481 e. The monoisotopic (exact) mass is 288 g/mol. The van der Waals surface area contributed by atoms with E-state index in [1.54, 1.807) is 18.2 Å². The van der Waals surface area contributed by atoms with Crippen molar-refractivity contribution < 1.29 is 9.90 Å². The lowest BCUT2D eigenvalue weighted by Gasteiger charge is -2.33. The third-order valence-electron chi connectivity index (χ3n) is 4.39. The lowest BCUT2D eigenvalue weighted by Crippen LogP contribution is -2.38. The Morgan fingerprint density at radius 2 is 1.62 bits per heavy atom. The fourth-order valence-corrected chi connectivity index (χ4v) is 3.19. The Balaban J connectivity index is 2.19. The van der Waals surface area contributed by atoms with E-state index in [-0.39, 0.29) is 0 Å². The van der Waals surface area contributed by atoms with Gasteiger partial charge in [0.15, 0.2) is 0 Å². The third-order valence-corrected chi connectivity index (χ3v) is 4.39. The molecule has 0 bridgehead atoms. The summed E-state index contributed by atoms with van der Waals surface area (Å²) in [5, 5.41) is 9.68. The topological polar surface area (TPSA) is 103 Å². The second-order valence-electron chi connectivity index (χ2n) is 5.62. The maximum Gasteiger partial charge on any atom is 0.314 e. The fourth-order valence-electron chi connectivity index (χ4n) is 3.19. The van der Waals surface area contributed by atoms with Crippen LogP contribution in [0.25, 0.3) is 11.0 Å². The number of aromatic amines is 2. The van der Waals surface area contributed by atoms with Gasteiger partial charge in [0.25, 0.3) is 0 Å². The van der Waals surface area contributed by atoms with Gasteiger partial charge >= 0.3 is 17.1 Å². The molecule has 0 aliphatic heterocycles. The standard InChI is InChI=1S/C15H16N2O4/c18-12-13(19)17-11-8-9(4-5-10(11)16-12)15(14(20)21)6-2-1-3-7-15/h4-5,8H,1-3,6-7H2,(H,16,18)(H,17,19)(H,20,21). The zero-order valence-corrected chi connectivity index (χ0v) is 11.4. The van der Waals surface area contributed by atoms with Gasteiger partial charge in [0.2, 0.25) is 0 Å². The summed E-state index contributed by atoms with van der Waals surface area (Å²) in [4.78, 5) is 39.5. The summed E-state index contributed by atoms with van der Waals surface area (Å²) in [6.07, 6.45) is 4.01. The molecule has 6 heteroatoms. The molecule has 1 aromatic heterocycles. The van der Waals surface area contributed by atoms with Crippen LogP contribution in [0.15, 0.2) is 27.8 Å². The van der Waals surface area contributed by atoms with Crippen molar-refractivity contribution in [2.45, 2.75) is 37.5 Å². The second kappa shape index (κ2) is 4.87. The summed E-state index contributed by atoms with van der Waals surface area (Å²) < 4.78 is 0. The van der Waals surface area contributed by atoms with E-state index in [4.69, 9.17) is 0 Å². The van der Waals surface area contributed by atoms with E-state index < -0.39 is 22.5 Å². The molecule has 21 heavy (non-hydrogen) atoms. The molecule has 0 saturated heterocycles. The summed E-state index contributed by atoms with van der Waals surface area (Å²) in [7, 11) is 0. The number of hydrogen-bond acceptors (Lipinski definition) is 3. The number of H-pyrrole nitrogens is 2. The number of aromatic nitrogens is 2. The first kappa shape index (κ1) is 13.6. The molecule has 1 aromatic carbocycles. The van der Waals surface area contributed by atoms with Crippen molar-refractivity contribution in [3.05, 3.63) is 44.5 Å². The van der Waals surface area contributed by atoms with Crippen molar-refractivity contribution in [1.82, 2.24) is 9.97 Å². The predicted molar refractivity (Wildman–Crippen MR) is 77.6 cm³/mol. The normalized spacial score (nSPS) is 17.7. The molecular formula is C15H16N2O4. The van der Waals surface area contributed by atoms with Gasteiger partial charge in [-0.15, -0.1) is 0 Å². The van der Waals surface area contributed by atoms with Crippen molar-refractivity contribution in [2.24, 2.45) is 0 Å². The molecule has 1 fully saturated rings. The number of hydrogen-bond donors (Lipinski definition) is 3. The van der Waals surface area contributed by atoms with Crippen LogP contribution in [0.3, 0.4) is 0 Å². The lowest BCUT2D eigenvalue weighted by molar-refractivity contribution is -0.145. The van der Waals surface area contributed by atoms with Gasteiger partial charge in [-0.3, -0.25) is 14.4 Å². The molecule has 0 atom stereocenters. The molecule has 0 radical (unpaired) electrons. The summed E-state index contributed by atoms with van der Waals surface area (Å²) in [5.74, 6) is -0.826. The molecule has 0 unspecified atom stereocenters. The molecule has 0 spiro atoms. The molecule has 1 saturated carbocycles. The average Bonchev–Trinajstić information content (AvgIpc) is 2.48. The number of benzene rings is 1. The Kier molecular flexibility index (Phi) is 3.16. The van der Waals surface area contributed by atoms with Gasteiger partial charge in [-0.1, -0.05) is 25.3 Å². The van der Waals surface area contributed by atoms with Crippen molar-refractivity contribution in [3.63, 3.8) is 0 Å². The highest BCUT2D eigenvalue weighted by Crippen LogP contribution is 2.40. The van der Waals surface area contributed by atoms with Gasteiger partial charge < -0.3 is 15.1 Å². The molecule has 0 amide bonds. The van der Waals surface area contributed by atoms with E-state index in [1.165, 1.54) is 0 Å². The molecule has 6 nitrogen and oxygen atoms in total. The highest BCUT2D eigenvalue weighted by molar-refractivity contribution is 5.84. The quantitative estimate of drug-likeness (QED) is 0.728. The van der Waals surface area contributed by atoms with Crippen molar-refractivity contribution >= 4 is 17.0 Å². The van der Waals surface area contributed by atoms with E-state index in [1.807, 2.05) is 0 Å². The van der Waals surface area contributed by atoms with Crippen LogP contribution in [-0.4, -0.2) is 21.0 Å². The molecule has 110 valence electrons. The minimum absolute atomic E-state index is 0.461. The van der Waals surface area contributed by atoms with Crippen LogP contribution in [0.4, 0.5) is 0 Å². The fraction of sp³-hybridized carbons (Fsp3) is 0.400. The molecule has 2 aromatic rings. The minimum atomic E-state index is -0.889. The number of aliphatic carboxylic acids is 1. The third kappa shape index (κ3) is 2.16. The van der Waals surface area contributed by atoms with Gasteiger partial charge in [-0.05, 0) is 30.5 Å². The van der Waals surface area contributed by atoms with Gasteiger partial charge in [0.1, 0.15) is 0 Å². The van der Waals surface area contributed by atoms with Gasteiger partial charge in [0.05, 0.1) is 16.4 Å². The van der Waals surface area contributed by atoms with Crippen LogP contribution < -0.4 is 11.1 Å². The van der Waals surface area contributed by atoms with Gasteiger partial charge in [0, 0.05) is 0 Å². The maximum absolute atomic E-state index is 11.8. The second-order valence-corrected chi connectivity index (χ2v) is 5.62. The number of carboxylic acid groups (broad SMARTS) is 1. The van der Waals surface area contributed by atoms with Crippen LogP contribution >= 0.6 is 0 Å². The minimum Gasteiger partial charge on any atom is -0.481 e. The SMILES string of the molecule is O=C(O)C1(c2ccc3[nH]c(=O)c(=O)[nH]c3c2)CCCCC1. The maximum atomic E-state index is 11.8.